The molecule has 5 heteroatoms. The highest BCUT2D eigenvalue weighted by Gasteiger charge is 2.06. The third-order valence-corrected chi connectivity index (χ3v) is 3.28. The molecule has 0 atom stereocenters. The van der Waals surface area contributed by atoms with Gasteiger partial charge in [0, 0.05) is 21.5 Å². The van der Waals surface area contributed by atoms with Gasteiger partial charge in [-0.2, -0.15) is 4.98 Å². The minimum absolute atomic E-state index is 0.241. The molecule has 0 spiro atoms. The quantitative estimate of drug-likeness (QED) is 0.866. The molecule has 0 radical (unpaired) electrons. The van der Waals surface area contributed by atoms with Crippen molar-refractivity contribution in [1.82, 2.24) is 9.55 Å². The second kappa shape index (κ2) is 4.94. The van der Waals surface area contributed by atoms with E-state index in [1.165, 1.54) is 0 Å². The maximum atomic E-state index is 11.8. The summed E-state index contributed by atoms with van der Waals surface area (Å²) in [7, 11) is 0. The molecule has 1 heterocycles. The Morgan fingerprint density at radius 2 is 2.06 bits per heavy atom. The smallest absolute Gasteiger partial charge is 0.348 e. The Labute approximate surface area is 114 Å². The topological polar surface area (TPSA) is 60.9 Å². The van der Waals surface area contributed by atoms with Crippen molar-refractivity contribution in [2.45, 2.75) is 20.4 Å². The first-order valence-corrected chi connectivity index (χ1v) is 6.35. The number of nitrogens with two attached hydrogens (primary N) is 1. The van der Waals surface area contributed by atoms with E-state index in [2.05, 4.69) is 20.9 Å². The first-order valence-electron chi connectivity index (χ1n) is 5.56. The molecule has 18 heavy (non-hydrogen) atoms. The van der Waals surface area contributed by atoms with Crippen LogP contribution in [0.1, 0.15) is 17.0 Å². The Morgan fingerprint density at radius 1 is 1.33 bits per heavy atom. The van der Waals surface area contributed by atoms with Gasteiger partial charge >= 0.3 is 5.69 Å². The third-order valence-electron chi connectivity index (χ3n) is 2.78. The number of anilines is 1. The molecule has 0 amide bonds. The zero-order chi connectivity index (χ0) is 13.3. The van der Waals surface area contributed by atoms with Gasteiger partial charge in [-0.25, -0.2) is 4.79 Å². The van der Waals surface area contributed by atoms with Gasteiger partial charge in [0.2, 0.25) is 0 Å². The van der Waals surface area contributed by atoms with Gasteiger partial charge in [0.15, 0.2) is 0 Å². The van der Waals surface area contributed by atoms with Crippen molar-refractivity contribution in [3.05, 3.63) is 56.2 Å². The third kappa shape index (κ3) is 2.61. The number of aromatic nitrogens is 2. The van der Waals surface area contributed by atoms with Crippen molar-refractivity contribution >= 4 is 21.6 Å². The van der Waals surface area contributed by atoms with Crippen LogP contribution in [0, 0.1) is 13.8 Å². The Kier molecular flexibility index (Phi) is 3.52. The normalized spacial score (nSPS) is 10.6. The average Bonchev–Trinajstić information content (AvgIpc) is 2.25. The van der Waals surface area contributed by atoms with Crippen molar-refractivity contribution in [1.29, 1.82) is 0 Å². The molecule has 1 aromatic heterocycles. The molecule has 0 unspecified atom stereocenters. The first-order chi connectivity index (χ1) is 8.47. The summed E-state index contributed by atoms with van der Waals surface area (Å²) in [6.07, 6.45) is 0. The van der Waals surface area contributed by atoms with E-state index in [4.69, 9.17) is 5.73 Å². The van der Waals surface area contributed by atoms with Crippen LogP contribution in [0.15, 0.2) is 33.5 Å². The van der Waals surface area contributed by atoms with E-state index in [-0.39, 0.29) is 5.69 Å². The Hall–Kier alpha value is -1.62. The fourth-order valence-corrected chi connectivity index (χ4v) is 2.23. The molecule has 2 aromatic rings. The molecule has 0 saturated carbocycles. The summed E-state index contributed by atoms with van der Waals surface area (Å²) in [5.41, 5.74) is 8.88. The molecule has 2 N–H and O–H groups in total. The van der Waals surface area contributed by atoms with Gasteiger partial charge in [0.25, 0.3) is 0 Å². The van der Waals surface area contributed by atoms with Crippen molar-refractivity contribution in [2.24, 2.45) is 0 Å². The van der Waals surface area contributed by atoms with E-state index in [0.717, 1.165) is 21.4 Å². The minimum Gasteiger partial charge on any atom is -0.398 e. The number of nitrogens with zero attached hydrogens (tertiary/aromatic N) is 2. The van der Waals surface area contributed by atoms with E-state index >= 15 is 0 Å². The van der Waals surface area contributed by atoms with Crippen molar-refractivity contribution in [2.75, 3.05) is 5.73 Å². The summed E-state index contributed by atoms with van der Waals surface area (Å²) >= 11 is 3.36. The standard InChI is InChI=1S/C13H14BrN3O/c1-8-5-9(2)17(13(18)16-8)7-10-3-4-11(14)6-12(10)15/h3-6H,7,15H2,1-2H3. The second-order valence-electron chi connectivity index (χ2n) is 4.25. The van der Waals surface area contributed by atoms with Gasteiger partial charge in [-0.05, 0) is 37.6 Å². The van der Waals surface area contributed by atoms with E-state index in [1.807, 2.05) is 38.1 Å². The summed E-state index contributed by atoms with van der Waals surface area (Å²) in [4.78, 5) is 15.8. The number of halogens is 1. The molecule has 4 nitrogen and oxygen atoms in total. The van der Waals surface area contributed by atoms with Crippen LogP contribution in [-0.4, -0.2) is 9.55 Å². The lowest BCUT2D eigenvalue weighted by molar-refractivity contribution is 0.695. The van der Waals surface area contributed by atoms with Crippen LogP contribution in [0.2, 0.25) is 0 Å². The molecular weight excluding hydrogens is 294 g/mol. The number of benzene rings is 1. The Bertz CT molecular complexity index is 649. The van der Waals surface area contributed by atoms with Gasteiger partial charge in [0.1, 0.15) is 0 Å². The predicted molar refractivity (Wildman–Crippen MR) is 75.6 cm³/mol. The van der Waals surface area contributed by atoms with Crippen LogP contribution < -0.4 is 11.4 Å². The van der Waals surface area contributed by atoms with E-state index in [1.54, 1.807) is 4.57 Å². The zero-order valence-electron chi connectivity index (χ0n) is 10.3. The average molecular weight is 308 g/mol. The van der Waals surface area contributed by atoms with Gasteiger partial charge < -0.3 is 5.73 Å². The summed E-state index contributed by atoms with van der Waals surface area (Å²) < 4.78 is 2.54. The number of hydrogen-bond acceptors (Lipinski definition) is 3. The molecule has 1 aromatic carbocycles. The summed E-state index contributed by atoms with van der Waals surface area (Å²) in [6.45, 7) is 4.15. The predicted octanol–water partition coefficient (Wildman–Crippen LogP) is 2.25. The van der Waals surface area contributed by atoms with E-state index in [9.17, 15) is 4.79 Å². The van der Waals surface area contributed by atoms with Crippen molar-refractivity contribution in [3.8, 4) is 0 Å². The minimum atomic E-state index is -0.241. The second-order valence-corrected chi connectivity index (χ2v) is 5.17. The summed E-state index contributed by atoms with van der Waals surface area (Å²) in [6, 6.07) is 7.53. The number of rotatable bonds is 2. The van der Waals surface area contributed by atoms with Crippen LogP contribution in [-0.2, 0) is 6.54 Å². The van der Waals surface area contributed by atoms with E-state index in [0.29, 0.717) is 12.2 Å². The lowest BCUT2D eigenvalue weighted by atomic mass is 10.2. The molecule has 2 rings (SSSR count). The highest BCUT2D eigenvalue weighted by Crippen LogP contribution is 2.19. The molecule has 94 valence electrons. The largest absolute Gasteiger partial charge is 0.398 e. The van der Waals surface area contributed by atoms with Crippen LogP contribution in [0.25, 0.3) is 0 Å². The molecule has 0 bridgehead atoms. The van der Waals surface area contributed by atoms with Crippen LogP contribution in [0.3, 0.4) is 0 Å². The molecule has 0 fully saturated rings. The number of nitrogen functional groups attached to an aromatic ring is 1. The summed E-state index contributed by atoms with van der Waals surface area (Å²) in [5, 5.41) is 0. The maximum Gasteiger partial charge on any atom is 0.348 e. The Morgan fingerprint density at radius 3 is 2.67 bits per heavy atom. The molecule has 0 saturated heterocycles. The fourth-order valence-electron chi connectivity index (χ4n) is 1.85. The molecular formula is C13H14BrN3O. The zero-order valence-corrected chi connectivity index (χ0v) is 11.9. The lowest BCUT2D eigenvalue weighted by Crippen LogP contribution is -2.26. The maximum absolute atomic E-state index is 11.8. The van der Waals surface area contributed by atoms with Crippen LogP contribution in [0.5, 0.6) is 0 Å². The van der Waals surface area contributed by atoms with Crippen LogP contribution in [0.4, 0.5) is 5.69 Å². The van der Waals surface area contributed by atoms with Gasteiger partial charge in [0.05, 0.1) is 6.54 Å². The van der Waals surface area contributed by atoms with Crippen LogP contribution >= 0.6 is 15.9 Å². The van der Waals surface area contributed by atoms with E-state index < -0.39 is 0 Å². The van der Waals surface area contributed by atoms with Gasteiger partial charge in [-0.3, -0.25) is 4.57 Å². The van der Waals surface area contributed by atoms with Gasteiger partial charge in [-0.15, -0.1) is 0 Å². The fraction of sp³-hybridized carbons (Fsp3) is 0.231. The molecule has 0 aliphatic rings. The summed E-state index contributed by atoms with van der Waals surface area (Å²) in [5.74, 6) is 0. The monoisotopic (exact) mass is 307 g/mol. The first kappa shape index (κ1) is 12.8. The van der Waals surface area contributed by atoms with Crippen molar-refractivity contribution < 1.29 is 0 Å². The lowest BCUT2D eigenvalue weighted by Gasteiger charge is -2.11. The van der Waals surface area contributed by atoms with Crippen molar-refractivity contribution in [3.63, 3.8) is 0 Å². The molecule has 0 aliphatic carbocycles. The number of hydrogen-bond donors (Lipinski definition) is 1. The molecule has 0 aliphatic heterocycles. The highest BCUT2D eigenvalue weighted by molar-refractivity contribution is 9.10. The van der Waals surface area contributed by atoms with Gasteiger partial charge in [-0.1, -0.05) is 22.0 Å². The number of aryl methyl sites for hydroxylation is 2. The SMILES string of the molecule is Cc1cc(C)n(Cc2ccc(Br)cc2N)c(=O)n1. The highest BCUT2D eigenvalue weighted by atomic mass is 79.9. The Balaban J connectivity index is 2.43.